The van der Waals surface area contributed by atoms with E-state index in [4.69, 9.17) is 0 Å². The topological polar surface area (TPSA) is 37.3 Å². The Morgan fingerprint density at radius 3 is 1.92 bits per heavy atom. The minimum atomic E-state index is -0.579. The van der Waals surface area contributed by atoms with Crippen molar-refractivity contribution in [1.29, 1.82) is 0 Å². The van der Waals surface area contributed by atoms with Crippen LogP contribution in [0.3, 0.4) is 0 Å². The fourth-order valence-corrected chi connectivity index (χ4v) is 3.28. The zero-order valence-electron chi connectivity index (χ0n) is 8.17. The summed E-state index contributed by atoms with van der Waals surface area (Å²) in [5.41, 5.74) is -0.337. The molecule has 2 rings (SSSR count). The van der Waals surface area contributed by atoms with E-state index in [1.165, 1.54) is 0 Å². The molecule has 1 N–H and O–H groups in total. The highest BCUT2D eigenvalue weighted by atomic mass is 35.5. The fourth-order valence-electron chi connectivity index (χ4n) is 3.28. The molecule has 2 aliphatic rings. The van der Waals surface area contributed by atoms with Gasteiger partial charge in [-0.25, -0.2) is 0 Å². The molecule has 0 aromatic carbocycles. The van der Waals surface area contributed by atoms with Gasteiger partial charge < -0.3 is 5.11 Å². The molecule has 3 heteroatoms. The molecule has 2 aliphatic carbocycles. The number of halogens is 1. The SMILES string of the molecule is CC12CCC(CC1)C2(C)C(=O)O.Cl. The third-order valence-electron chi connectivity index (χ3n) is 4.60. The van der Waals surface area contributed by atoms with Gasteiger partial charge in [-0.15, -0.1) is 12.4 Å². The van der Waals surface area contributed by atoms with Crippen molar-refractivity contribution in [3.05, 3.63) is 0 Å². The van der Waals surface area contributed by atoms with Crippen LogP contribution in [0.5, 0.6) is 0 Å². The van der Waals surface area contributed by atoms with Crippen molar-refractivity contribution >= 4 is 18.4 Å². The summed E-state index contributed by atoms with van der Waals surface area (Å²) in [6.45, 7) is 4.09. The van der Waals surface area contributed by atoms with Gasteiger partial charge in [-0.05, 0) is 43.9 Å². The van der Waals surface area contributed by atoms with Crippen LogP contribution < -0.4 is 0 Å². The molecule has 0 saturated heterocycles. The second-order valence-electron chi connectivity index (χ2n) is 4.84. The van der Waals surface area contributed by atoms with Crippen molar-refractivity contribution in [2.45, 2.75) is 39.5 Å². The Morgan fingerprint density at radius 1 is 1.31 bits per heavy atom. The van der Waals surface area contributed by atoms with Crippen LogP contribution in [0.2, 0.25) is 0 Å². The summed E-state index contributed by atoms with van der Waals surface area (Å²) in [6, 6.07) is 0. The molecule has 1 atom stereocenters. The van der Waals surface area contributed by atoms with Crippen molar-refractivity contribution in [1.82, 2.24) is 0 Å². The van der Waals surface area contributed by atoms with Gasteiger partial charge in [-0.3, -0.25) is 4.79 Å². The van der Waals surface area contributed by atoms with Crippen LogP contribution in [-0.2, 0) is 4.79 Å². The number of hydrogen-bond acceptors (Lipinski definition) is 1. The molecule has 1 unspecified atom stereocenters. The summed E-state index contributed by atoms with van der Waals surface area (Å²) < 4.78 is 0. The maximum absolute atomic E-state index is 11.2. The van der Waals surface area contributed by atoms with E-state index in [0.717, 1.165) is 25.7 Å². The van der Waals surface area contributed by atoms with Crippen molar-refractivity contribution in [3.8, 4) is 0 Å². The van der Waals surface area contributed by atoms with E-state index >= 15 is 0 Å². The third kappa shape index (κ3) is 1.04. The molecular formula is C10H17ClO2. The normalized spacial score (nSPS) is 47.4. The Morgan fingerprint density at radius 2 is 1.77 bits per heavy atom. The molecule has 0 aromatic heterocycles. The maximum Gasteiger partial charge on any atom is 0.310 e. The van der Waals surface area contributed by atoms with E-state index in [1.807, 2.05) is 6.92 Å². The Hall–Kier alpha value is -0.240. The zero-order valence-corrected chi connectivity index (χ0v) is 8.99. The second-order valence-corrected chi connectivity index (χ2v) is 4.84. The van der Waals surface area contributed by atoms with Gasteiger partial charge in [0.2, 0.25) is 0 Å². The summed E-state index contributed by atoms with van der Waals surface area (Å²) >= 11 is 0. The summed E-state index contributed by atoms with van der Waals surface area (Å²) in [6.07, 6.45) is 4.47. The minimum absolute atomic E-state index is 0. The minimum Gasteiger partial charge on any atom is -0.481 e. The maximum atomic E-state index is 11.2. The molecule has 0 amide bonds. The van der Waals surface area contributed by atoms with Gasteiger partial charge in [-0.1, -0.05) is 6.92 Å². The molecule has 2 bridgehead atoms. The number of carboxylic acid groups (broad SMARTS) is 1. The Bertz CT molecular complexity index is 231. The molecule has 76 valence electrons. The summed E-state index contributed by atoms with van der Waals surface area (Å²) in [4.78, 5) is 11.2. The first kappa shape index (κ1) is 10.8. The monoisotopic (exact) mass is 204 g/mol. The largest absolute Gasteiger partial charge is 0.481 e. The van der Waals surface area contributed by atoms with Crippen LogP contribution >= 0.6 is 12.4 Å². The third-order valence-corrected chi connectivity index (χ3v) is 4.60. The number of rotatable bonds is 1. The molecule has 2 nitrogen and oxygen atoms in total. The first-order valence-corrected chi connectivity index (χ1v) is 4.74. The fraction of sp³-hybridized carbons (Fsp3) is 0.900. The number of aliphatic carboxylic acids is 1. The predicted molar refractivity (Wildman–Crippen MR) is 53.1 cm³/mol. The standard InChI is InChI=1S/C10H16O2.ClH/c1-9-5-3-7(4-6-9)10(9,2)8(11)12;/h7H,3-6H2,1-2H3,(H,11,12);1H. The Labute approximate surface area is 85.1 Å². The van der Waals surface area contributed by atoms with Crippen LogP contribution in [0, 0.1) is 16.7 Å². The van der Waals surface area contributed by atoms with Crippen LogP contribution in [-0.4, -0.2) is 11.1 Å². The number of carbonyl (C=O) groups is 1. The van der Waals surface area contributed by atoms with E-state index in [-0.39, 0.29) is 17.8 Å². The van der Waals surface area contributed by atoms with Gasteiger partial charge >= 0.3 is 5.97 Å². The first-order chi connectivity index (χ1) is 5.51. The van der Waals surface area contributed by atoms with Gasteiger partial charge in [0.25, 0.3) is 0 Å². The summed E-state index contributed by atoms with van der Waals surface area (Å²) in [5.74, 6) is -0.134. The average Bonchev–Trinajstić information content (AvgIpc) is 2.40. The number of carboxylic acids is 1. The van der Waals surface area contributed by atoms with Crippen molar-refractivity contribution < 1.29 is 9.90 Å². The lowest BCUT2D eigenvalue weighted by Crippen LogP contribution is -2.38. The molecule has 0 aliphatic heterocycles. The van der Waals surface area contributed by atoms with Gasteiger partial charge in [-0.2, -0.15) is 0 Å². The van der Waals surface area contributed by atoms with Crippen LogP contribution in [0.4, 0.5) is 0 Å². The lowest BCUT2D eigenvalue weighted by Gasteiger charge is -2.33. The molecular weight excluding hydrogens is 188 g/mol. The van der Waals surface area contributed by atoms with E-state index in [0.29, 0.717) is 5.92 Å². The highest BCUT2D eigenvalue weighted by molar-refractivity contribution is 5.85. The van der Waals surface area contributed by atoms with Gasteiger partial charge in [0.1, 0.15) is 0 Å². The quantitative estimate of drug-likeness (QED) is 0.713. The molecule has 0 radical (unpaired) electrons. The van der Waals surface area contributed by atoms with Gasteiger partial charge in [0.05, 0.1) is 5.41 Å². The Balaban J connectivity index is 0.000000845. The van der Waals surface area contributed by atoms with Crippen LogP contribution in [0.1, 0.15) is 39.5 Å². The summed E-state index contributed by atoms with van der Waals surface area (Å²) in [7, 11) is 0. The molecule has 0 spiro atoms. The molecule has 0 heterocycles. The van der Waals surface area contributed by atoms with E-state index < -0.39 is 11.4 Å². The van der Waals surface area contributed by atoms with Crippen LogP contribution in [0.25, 0.3) is 0 Å². The van der Waals surface area contributed by atoms with Crippen molar-refractivity contribution in [2.24, 2.45) is 16.7 Å². The van der Waals surface area contributed by atoms with Crippen molar-refractivity contribution in [2.75, 3.05) is 0 Å². The molecule has 2 saturated carbocycles. The Kier molecular flexibility index (Phi) is 2.40. The number of hydrogen-bond donors (Lipinski definition) is 1. The first-order valence-electron chi connectivity index (χ1n) is 4.74. The van der Waals surface area contributed by atoms with E-state index in [2.05, 4.69) is 6.92 Å². The average molecular weight is 205 g/mol. The second kappa shape index (κ2) is 2.88. The van der Waals surface area contributed by atoms with Gasteiger partial charge in [0.15, 0.2) is 0 Å². The predicted octanol–water partition coefficient (Wildman–Crippen LogP) is 2.71. The highest BCUT2D eigenvalue weighted by Crippen LogP contribution is 2.65. The molecule has 13 heavy (non-hydrogen) atoms. The van der Waals surface area contributed by atoms with Gasteiger partial charge in [0, 0.05) is 0 Å². The lowest BCUT2D eigenvalue weighted by atomic mass is 9.69. The molecule has 2 fully saturated rings. The summed E-state index contributed by atoms with van der Waals surface area (Å²) in [5, 5.41) is 9.22. The number of fused-ring (bicyclic) bond motifs is 2. The smallest absolute Gasteiger partial charge is 0.310 e. The lowest BCUT2D eigenvalue weighted by molar-refractivity contribution is -0.154. The van der Waals surface area contributed by atoms with Crippen LogP contribution in [0.15, 0.2) is 0 Å². The van der Waals surface area contributed by atoms with E-state index in [1.54, 1.807) is 0 Å². The van der Waals surface area contributed by atoms with E-state index in [9.17, 15) is 9.90 Å². The molecule has 0 aromatic rings. The highest BCUT2D eigenvalue weighted by Gasteiger charge is 2.63. The van der Waals surface area contributed by atoms with Crippen molar-refractivity contribution in [3.63, 3.8) is 0 Å². The zero-order chi connectivity index (χ0) is 8.98.